The van der Waals surface area contributed by atoms with Crippen molar-refractivity contribution in [2.75, 3.05) is 6.61 Å². The molecule has 2 nitrogen and oxygen atoms in total. The summed E-state index contributed by atoms with van der Waals surface area (Å²) in [6.45, 7) is 4.37. The Bertz CT molecular complexity index is 332. The van der Waals surface area contributed by atoms with Crippen LogP contribution < -0.4 is 0 Å². The van der Waals surface area contributed by atoms with Gasteiger partial charge < -0.3 is 4.74 Å². The lowest BCUT2D eigenvalue weighted by atomic mass is 10.2. The molecule has 73 valence electrons. The number of ether oxygens (including phenoxy) is 1. The standard InChI is InChI=1S/C11H11O2S/c1-8-2-4-9(5-3-8)14-10-6-7-13-11(10)12/h2-5,10H,1,6-7H2/t10-/m0/s1. The summed E-state index contributed by atoms with van der Waals surface area (Å²) < 4.78 is 4.89. The number of thioether (sulfide) groups is 1. The van der Waals surface area contributed by atoms with Gasteiger partial charge in [0.15, 0.2) is 0 Å². The van der Waals surface area contributed by atoms with Crippen molar-refractivity contribution in [2.45, 2.75) is 16.6 Å². The highest BCUT2D eigenvalue weighted by molar-refractivity contribution is 8.00. The number of hydrogen-bond donors (Lipinski definition) is 0. The number of esters is 1. The summed E-state index contributed by atoms with van der Waals surface area (Å²) in [5, 5.41) is -0.0225. The number of cyclic esters (lactones) is 1. The molecule has 14 heavy (non-hydrogen) atoms. The van der Waals surface area contributed by atoms with E-state index in [0.717, 1.165) is 16.9 Å². The molecule has 1 aromatic carbocycles. The predicted octanol–water partition coefficient (Wildman–Crippen LogP) is 2.28. The minimum atomic E-state index is -0.0892. The monoisotopic (exact) mass is 207 g/mol. The van der Waals surface area contributed by atoms with E-state index in [0.29, 0.717) is 6.61 Å². The van der Waals surface area contributed by atoms with Gasteiger partial charge in [-0.05, 0) is 24.6 Å². The first-order valence-electron chi connectivity index (χ1n) is 4.51. The van der Waals surface area contributed by atoms with Crippen molar-refractivity contribution < 1.29 is 9.53 Å². The Morgan fingerprint density at radius 3 is 2.64 bits per heavy atom. The van der Waals surface area contributed by atoms with Crippen LogP contribution in [0.3, 0.4) is 0 Å². The Labute approximate surface area is 87.6 Å². The van der Waals surface area contributed by atoms with Crippen LogP contribution in [0, 0.1) is 6.92 Å². The van der Waals surface area contributed by atoms with Gasteiger partial charge in [0.1, 0.15) is 5.25 Å². The van der Waals surface area contributed by atoms with E-state index in [-0.39, 0.29) is 11.2 Å². The molecule has 1 aliphatic rings. The number of carbonyl (C=O) groups excluding carboxylic acids is 1. The second-order valence-electron chi connectivity index (χ2n) is 3.21. The van der Waals surface area contributed by atoms with E-state index in [9.17, 15) is 4.79 Å². The van der Waals surface area contributed by atoms with Crippen molar-refractivity contribution in [3.63, 3.8) is 0 Å². The molecule has 1 radical (unpaired) electrons. The maximum Gasteiger partial charge on any atom is 0.319 e. The Morgan fingerprint density at radius 2 is 2.07 bits per heavy atom. The van der Waals surface area contributed by atoms with Gasteiger partial charge in [0.05, 0.1) is 6.61 Å². The molecule has 2 rings (SSSR count). The summed E-state index contributed by atoms with van der Waals surface area (Å²) in [7, 11) is 0. The first kappa shape index (κ1) is 9.59. The number of carbonyl (C=O) groups is 1. The van der Waals surface area contributed by atoms with Crippen LogP contribution in [0.25, 0.3) is 0 Å². The largest absolute Gasteiger partial charge is 0.465 e. The Hall–Kier alpha value is -0.960. The van der Waals surface area contributed by atoms with Crippen LogP contribution >= 0.6 is 11.8 Å². The first-order valence-corrected chi connectivity index (χ1v) is 5.39. The molecular formula is C11H11O2S. The average Bonchev–Trinajstić information content (AvgIpc) is 2.56. The molecule has 0 spiro atoms. The maximum atomic E-state index is 11.2. The zero-order chi connectivity index (χ0) is 9.97. The number of rotatable bonds is 2. The van der Waals surface area contributed by atoms with Gasteiger partial charge in [-0.2, -0.15) is 0 Å². The number of benzene rings is 1. The van der Waals surface area contributed by atoms with E-state index in [2.05, 4.69) is 6.92 Å². The van der Waals surface area contributed by atoms with E-state index < -0.39 is 0 Å². The summed E-state index contributed by atoms with van der Waals surface area (Å²) in [5.74, 6) is -0.0892. The Kier molecular flexibility index (Phi) is 2.77. The fourth-order valence-electron chi connectivity index (χ4n) is 1.32. The van der Waals surface area contributed by atoms with Crippen molar-refractivity contribution in [2.24, 2.45) is 0 Å². The second kappa shape index (κ2) is 4.05. The van der Waals surface area contributed by atoms with Crippen LogP contribution in [0.5, 0.6) is 0 Å². The summed E-state index contributed by atoms with van der Waals surface area (Å²) in [6.07, 6.45) is 0.815. The minimum absolute atomic E-state index is 0.0225. The zero-order valence-corrected chi connectivity index (χ0v) is 8.55. The molecule has 1 fully saturated rings. The van der Waals surface area contributed by atoms with Gasteiger partial charge in [0.25, 0.3) is 0 Å². The summed E-state index contributed by atoms with van der Waals surface area (Å²) in [5.41, 5.74) is 0.989. The molecule has 0 N–H and O–H groups in total. The van der Waals surface area contributed by atoms with Crippen LogP contribution in [-0.4, -0.2) is 17.8 Å². The third-order valence-electron chi connectivity index (χ3n) is 2.09. The molecule has 1 saturated heterocycles. The average molecular weight is 207 g/mol. The van der Waals surface area contributed by atoms with Gasteiger partial charge in [-0.1, -0.05) is 12.1 Å². The topological polar surface area (TPSA) is 26.3 Å². The van der Waals surface area contributed by atoms with Crippen LogP contribution in [0.4, 0.5) is 0 Å². The minimum Gasteiger partial charge on any atom is -0.465 e. The first-order chi connectivity index (χ1) is 6.75. The Morgan fingerprint density at radius 1 is 1.36 bits per heavy atom. The zero-order valence-electron chi connectivity index (χ0n) is 7.73. The molecular weight excluding hydrogens is 196 g/mol. The van der Waals surface area contributed by atoms with Gasteiger partial charge in [-0.3, -0.25) is 4.79 Å². The second-order valence-corrected chi connectivity index (χ2v) is 4.48. The van der Waals surface area contributed by atoms with E-state index >= 15 is 0 Å². The van der Waals surface area contributed by atoms with Crippen LogP contribution in [0.15, 0.2) is 29.2 Å². The van der Waals surface area contributed by atoms with Gasteiger partial charge in [0, 0.05) is 11.3 Å². The van der Waals surface area contributed by atoms with Crippen molar-refractivity contribution >= 4 is 17.7 Å². The number of hydrogen-bond acceptors (Lipinski definition) is 3. The molecule has 0 amide bonds. The smallest absolute Gasteiger partial charge is 0.319 e. The summed E-state index contributed by atoms with van der Waals surface area (Å²) in [6, 6.07) is 7.86. The maximum absolute atomic E-state index is 11.2. The molecule has 0 unspecified atom stereocenters. The third-order valence-corrected chi connectivity index (χ3v) is 3.35. The molecule has 1 heterocycles. The SMILES string of the molecule is [CH2]c1ccc(S[C@H]2CCOC2=O)cc1. The summed E-state index contributed by atoms with van der Waals surface area (Å²) >= 11 is 1.57. The van der Waals surface area contributed by atoms with Crippen LogP contribution in [-0.2, 0) is 9.53 Å². The van der Waals surface area contributed by atoms with Gasteiger partial charge >= 0.3 is 5.97 Å². The fraction of sp³-hybridized carbons (Fsp3) is 0.273. The molecule has 0 aromatic heterocycles. The predicted molar refractivity (Wildman–Crippen MR) is 56.1 cm³/mol. The van der Waals surface area contributed by atoms with Crippen LogP contribution in [0.2, 0.25) is 0 Å². The van der Waals surface area contributed by atoms with Gasteiger partial charge in [-0.15, -0.1) is 11.8 Å². The summed E-state index contributed by atoms with van der Waals surface area (Å²) in [4.78, 5) is 12.3. The van der Waals surface area contributed by atoms with Crippen molar-refractivity contribution in [3.8, 4) is 0 Å². The van der Waals surface area contributed by atoms with Gasteiger partial charge in [0.2, 0.25) is 0 Å². The highest BCUT2D eigenvalue weighted by atomic mass is 32.2. The molecule has 1 aromatic rings. The van der Waals surface area contributed by atoms with Crippen molar-refractivity contribution in [3.05, 3.63) is 36.8 Å². The molecule has 0 saturated carbocycles. The third kappa shape index (κ3) is 2.10. The quantitative estimate of drug-likeness (QED) is 0.696. The van der Waals surface area contributed by atoms with Crippen LogP contribution in [0.1, 0.15) is 12.0 Å². The van der Waals surface area contributed by atoms with E-state index in [4.69, 9.17) is 4.74 Å². The highest BCUT2D eigenvalue weighted by Gasteiger charge is 2.27. The molecule has 0 bridgehead atoms. The molecule has 1 atom stereocenters. The lowest BCUT2D eigenvalue weighted by Crippen LogP contribution is -2.08. The Balaban J connectivity index is 2.03. The van der Waals surface area contributed by atoms with Gasteiger partial charge in [-0.25, -0.2) is 0 Å². The molecule has 1 aliphatic heterocycles. The van der Waals surface area contributed by atoms with E-state index in [1.807, 2.05) is 24.3 Å². The van der Waals surface area contributed by atoms with Crippen molar-refractivity contribution in [1.82, 2.24) is 0 Å². The molecule has 3 heteroatoms. The highest BCUT2D eigenvalue weighted by Crippen LogP contribution is 2.29. The normalized spacial score (nSPS) is 20.9. The lowest BCUT2D eigenvalue weighted by Gasteiger charge is -2.04. The molecule has 0 aliphatic carbocycles. The van der Waals surface area contributed by atoms with E-state index in [1.54, 1.807) is 11.8 Å². The van der Waals surface area contributed by atoms with Crippen molar-refractivity contribution in [1.29, 1.82) is 0 Å². The van der Waals surface area contributed by atoms with E-state index in [1.165, 1.54) is 0 Å². The fourth-order valence-corrected chi connectivity index (χ4v) is 2.32. The lowest BCUT2D eigenvalue weighted by molar-refractivity contribution is -0.137.